The van der Waals surface area contributed by atoms with Crippen molar-refractivity contribution in [2.45, 2.75) is 5.75 Å². The van der Waals surface area contributed by atoms with Crippen LogP contribution in [-0.4, -0.2) is 28.5 Å². The van der Waals surface area contributed by atoms with Gasteiger partial charge in [-0.25, -0.2) is 8.42 Å². The van der Waals surface area contributed by atoms with Crippen LogP contribution in [0.2, 0.25) is 0 Å². The molecule has 3 aromatic carbocycles. The molecule has 1 aliphatic heterocycles. The second-order valence-corrected chi connectivity index (χ2v) is 8.54. The number of nitrogens with zero attached hydrogens (tertiary/aromatic N) is 1. The molecular formula is C22H20N2O5S. The van der Waals surface area contributed by atoms with E-state index >= 15 is 0 Å². The fraction of sp³-hybridized carbons (Fsp3) is 0.136. The van der Waals surface area contributed by atoms with Crippen molar-refractivity contribution in [2.24, 2.45) is 0 Å². The molecule has 8 heteroatoms. The van der Waals surface area contributed by atoms with Crippen molar-refractivity contribution in [3.05, 3.63) is 77.9 Å². The molecule has 7 nitrogen and oxygen atoms in total. The first-order chi connectivity index (χ1) is 14.4. The van der Waals surface area contributed by atoms with E-state index in [1.165, 1.54) is 18.1 Å². The van der Waals surface area contributed by atoms with E-state index in [0.29, 0.717) is 28.5 Å². The summed E-state index contributed by atoms with van der Waals surface area (Å²) in [5.74, 6) is 0.860. The van der Waals surface area contributed by atoms with Crippen molar-refractivity contribution in [1.29, 1.82) is 0 Å². The number of benzene rings is 3. The Bertz CT molecular complexity index is 1220. The van der Waals surface area contributed by atoms with Gasteiger partial charge in [-0.2, -0.15) is 0 Å². The summed E-state index contributed by atoms with van der Waals surface area (Å²) in [4.78, 5) is 14.4. The van der Waals surface area contributed by atoms with E-state index in [-0.39, 0.29) is 22.9 Å². The molecule has 1 amide bonds. The molecule has 4 rings (SSSR count). The molecule has 3 aromatic rings. The monoisotopic (exact) mass is 424 g/mol. The van der Waals surface area contributed by atoms with Crippen LogP contribution in [0.4, 0.5) is 11.4 Å². The molecule has 0 saturated heterocycles. The van der Waals surface area contributed by atoms with Crippen molar-refractivity contribution in [2.75, 3.05) is 23.8 Å². The summed E-state index contributed by atoms with van der Waals surface area (Å²) in [5.41, 5.74) is 1.72. The first-order valence-electron chi connectivity index (χ1n) is 9.19. The SMILES string of the molecule is COc1ccccc1CS(=O)(=O)Nc1ccc2c(c1)C(=O)N(C)c1ccccc1O2. The second kappa shape index (κ2) is 7.72. The maximum Gasteiger partial charge on any atom is 0.261 e. The van der Waals surface area contributed by atoms with Crippen molar-refractivity contribution < 1.29 is 22.7 Å². The van der Waals surface area contributed by atoms with Crippen LogP contribution in [0.15, 0.2) is 66.7 Å². The molecule has 1 heterocycles. The lowest BCUT2D eigenvalue weighted by molar-refractivity contribution is 0.0993. The minimum Gasteiger partial charge on any atom is -0.496 e. The lowest BCUT2D eigenvalue weighted by Gasteiger charge is -2.16. The topological polar surface area (TPSA) is 84.9 Å². The summed E-state index contributed by atoms with van der Waals surface area (Å²) in [7, 11) is -0.594. The average molecular weight is 424 g/mol. The highest BCUT2D eigenvalue weighted by atomic mass is 32.2. The molecule has 1 aliphatic rings. The van der Waals surface area contributed by atoms with E-state index in [2.05, 4.69) is 4.72 Å². The van der Waals surface area contributed by atoms with E-state index in [1.807, 2.05) is 12.1 Å². The van der Waals surface area contributed by atoms with Crippen LogP contribution < -0.4 is 19.1 Å². The van der Waals surface area contributed by atoms with Gasteiger partial charge in [-0.05, 0) is 36.4 Å². The molecule has 0 unspecified atom stereocenters. The van der Waals surface area contributed by atoms with Crippen LogP contribution >= 0.6 is 0 Å². The zero-order valence-electron chi connectivity index (χ0n) is 16.5. The lowest BCUT2D eigenvalue weighted by Crippen LogP contribution is -2.25. The average Bonchev–Trinajstić information content (AvgIpc) is 2.83. The summed E-state index contributed by atoms with van der Waals surface area (Å²) in [6.07, 6.45) is 0. The number of anilines is 2. The maximum absolute atomic E-state index is 12.9. The van der Waals surface area contributed by atoms with Gasteiger partial charge in [-0.1, -0.05) is 30.3 Å². The smallest absolute Gasteiger partial charge is 0.261 e. The largest absolute Gasteiger partial charge is 0.496 e. The molecule has 0 spiro atoms. The predicted molar refractivity (Wildman–Crippen MR) is 115 cm³/mol. The quantitative estimate of drug-likeness (QED) is 0.669. The van der Waals surface area contributed by atoms with Gasteiger partial charge < -0.3 is 14.4 Å². The number of carbonyl (C=O) groups is 1. The number of methoxy groups -OCH3 is 1. The molecule has 0 fully saturated rings. The summed E-state index contributed by atoms with van der Waals surface area (Å²) in [5, 5.41) is 0. The Hall–Kier alpha value is -3.52. The number of hydrogen-bond donors (Lipinski definition) is 1. The summed E-state index contributed by atoms with van der Waals surface area (Å²) < 4.78 is 39.1. The van der Waals surface area contributed by atoms with Gasteiger partial charge in [0, 0.05) is 18.3 Å². The molecular weight excluding hydrogens is 404 g/mol. The van der Waals surface area contributed by atoms with Crippen LogP contribution in [0.5, 0.6) is 17.2 Å². The Morgan fingerprint density at radius 3 is 2.53 bits per heavy atom. The van der Waals surface area contributed by atoms with Gasteiger partial charge in [0.05, 0.1) is 24.1 Å². The van der Waals surface area contributed by atoms with E-state index < -0.39 is 10.0 Å². The number of sulfonamides is 1. The number of rotatable bonds is 5. The second-order valence-electron chi connectivity index (χ2n) is 6.82. The van der Waals surface area contributed by atoms with Gasteiger partial charge in [0.15, 0.2) is 5.75 Å². The van der Waals surface area contributed by atoms with E-state index in [0.717, 1.165) is 0 Å². The third-order valence-electron chi connectivity index (χ3n) is 4.77. The lowest BCUT2D eigenvalue weighted by atomic mass is 10.1. The molecule has 0 bridgehead atoms. The Morgan fingerprint density at radius 2 is 1.73 bits per heavy atom. The first-order valence-corrected chi connectivity index (χ1v) is 10.8. The van der Waals surface area contributed by atoms with Gasteiger partial charge in [0.25, 0.3) is 5.91 Å². The number of amides is 1. The fourth-order valence-electron chi connectivity index (χ4n) is 3.32. The van der Waals surface area contributed by atoms with Crippen LogP contribution in [0.25, 0.3) is 0 Å². The van der Waals surface area contributed by atoms with Crippen molar-refractivity contribution in [1.82, 2.24) is 0 Å². The zero-order valence-corrected chi connectivity index (χ0v) is 17.3. The molecule has 154 valence electrons. The highest BCUT2D eigenvalue weighted by molar-refractivity contribution is 7.91. The molecule has 0 saturated carbocycles. The predicted octanol–water partition coefficient (Wildman–Crippen LogP) is 4.02. The normalized spacial score (nSPS) is 13.0. The number of nitrogens with one attached hydrogen (secondary N) is 1. The van der Waals surface area contributed by atoms with Crippen molar-refractivity contribution in [3.8, 4) is 17.2 Å². The molecule has 0 atom stereocenters. The Morgan fingerprint density at radius 1 is 1.00 bits per heavy atom. The summed E-state index contributed by atoms with van der Waals surface area (Å²) in [6, 6.07) is 18.8. The molecule has 0 radical (unpaired) electrons. The van der Waals surface area contributed by atoms with Crippen molar-refractivity contribution >= 4 is 27.3 Å². The molecule has 1 N–H and O–H groups in total. The van der Waals surface area contributed by atoms with Gasteiger partial charge in [-0.15, -0.1) is 0 Å². The third kappa shape index (κ3) is 3.81. The Labute approximate surface area is 174 Å². The highest BCUT2D eigenvalue weighted by Crippen LogP contribution is 2.39. The van der Waals surface area contributed by atoms with Crippen molar-refractivity contribution in [3.63, 3.8) is 0 Å². The van der Waals surface area contributed by atoms with E-state index in [4.69, 9.17) is 9.47 Å². The van der Waals surface area contributed by atoms with Crippen LogP contribution in [0.3, 0.4) is 0 Å². The maximum atomic E-state index is 12.9. The first kappa shape index (κ1) is 19.8. The zero-order chi connectivity index (χ0) is 21.3. The van der Waals surface area contributed by atoms with Crippen LogP contribution in [0, 0.1) is 0 Å². The number of fused-ring (bicyclic) bond motifs is 2. The molecule has 30 heavy (non-hydrogen) atoms. The van der Waals surface area contributed by atoms with Gasteiger partial charge >= 0.3 is 0 Å². The molecule has 0 aliphatic carbocycles. The third-order valence-corrected chi connectivity index (χ3v) is 6.01. The number of ether oxygens (including phenoxy) is 2. The number of hydrogen-bond acceptors (Lipinski definition) is 5. The van der Waals surface area contributed by atoms with E-state index in [1.54, 1.807) is 55.6 Å². The fourth-order valence-corrected chi connectivity index (χ4v) is 4.53. The van der Waals surface area contributed by atoms with E-state index in [9.17, 15) is 13.2 Å². The van der Waals surface area contributed by atoms with Crippen LogP contribution in [0.1, 0.15) is 15.9 Å². The highest BCUT2D eigenvalue weighted by Gasteiger charge is 2.26. The Balaban J connectivity index is 1.63. The summed E-state index contributed by atoms with van der Waals surface area (Å²) >= 11 is 0. The molecule has 0 aromatic heterocycles. The Kier molecular flexibility index (Phi) is 5.09. The minimum absolute atomic E-state index is 0.260. The minimum atomic E-state index is -3.74. The standard InChI is InChI=1S/C22H20N2O5S/c1-24-18-8-4-6-10-21(18)29-20-12-11-16(13-17(20)22(24)25)23-30(26,27)14-15-7-3-5-9-19(15)28-2/h3-13,23H,14H2,1-2H3. The number of carbonyl (C=O) groups excluding carboxylic acids is 1. The number of para-hydroxylation sites is 3. The summed E-state index contributed by atoms with van der Waals surface area (Å²) in [6.45, 7) is 0. The van der Waals surface area contributed by atoms with Crippen LogP contribution in [-0.2, 0) is 15.8 Å². The van der Waals surface area contributed by atoms with Gasteiger partial charge in [-0.3, -0.25) is 9.52 Å². The van der Waals surface area contributed by atoms with Gasteiger partial charge in [0.1, 0.15) is 11.5 Å². The van der Waals surface area contributed by atoms with Gasteiger partial charge in [0.2, 0.25) is 10.0 Å².